The molecule has 0 N–H and O–H groups in total. The predicted octanol–water partition coefficient (Wildman–Crippen LogP) is 3.10. The molecule has 1 amide bonds. The van der Waals surface area contributed by atoms with Crippen molar-refractivity contribution < 1.29 is 9.53 Å². The molecule has 0 bridgehead atoms. The molecule has 1 fully saturated rings. The molecule has 27 heavy (non-hydrogen) atoms. The Kier molecular flexibility index (Phi) is 5.16. The summed E-state index contributed by atoms with van der Waals surface area (Å²) in [5.74, 6) is 1.39. The standard InChI is InChI=1S/C21H24N4O2/c1-27-13-12-24-11-9-23-20(24)18-5-3-10-25(15-18)21(26)17-6-7-19-16(14-17)4-2-8-22-19/h2,4,6-9,11,14,18H,3,5,10,12-13,15H2,1H3/t18-/m0/s1. The molecule has 1 atom stereocenters. The second-order valence-electron chi connectivity index (χ2n) is 6.97. The summed E-state index contributed by atoms with van der Waals surface area (Å²) in [4.78, 5) is 23.9. The maximum absolute atomic E-state index is 13.1. The lowest BCUT2D eigenvalue weighted by atomic mass is 9.96. The number of carbonyl (C=O) groups excluding carboxylic acids is 1. The van der Waals surface area contributed by atoms with Gasteiger partial charge in [-0.15, -0.1) is 0 Å². The number of likely N-dealkylation sites (tertiary alicyclic amines) is 1. The molecule has 6 nitrogen and oxygen atoms in total. The summed E-state index contributed by atoms with van der Waals surface area (Å²) in [5, 5.41) is 0.993. The van der Waals surface area contributed by atoms with Crippen LogP contribution in [0.5, 0.6) is 0 Å². The highest BCUT2D eigenvalue weighted by Crippen LogP contribution is 2.27. The maximum atomic E-state index is 13.1. The van der Waals surface area contributed by atoms with Gasteiger partial charge in [-0.1, -0.05) is 6.07 Å². The van der Waals surface area contributed by atoms with E-state index in [9.17, 15) is 4.79 Å². The highest BCUT2D eigenvalue weighted by molar-refractivity contribution is 5.98. The van der Waals surface area contributed by atoms with Crippen LogP contribution in [0.3, 0.4) is 0 Å². The number of aromatic nitrogens is 3. The number of hydrogen-bond acceptors (Lipinski definition) is 4. The molecule has 1 aliphatic heterocycles. The van der Waals surface area contributed by atoms with Crippen molar-refractivity contribution in [3.05, 3.63) is 60.3 Å². The molecule has 3 aromatic rings. The van der Waals surface area contributed by atoms with Crippen LogP contribution in [0.15, 0.2) is 48.9 Å². The second kappa shape index (κ2) is 7.88. The summed E-state index contributed by atoms with van der Waals surface area (Å²) >= 11 is 0. The van der Waals surface area contributed by atoms with Crippen LogP contribution in [0.2, 0.25) is 0 Å². The van der Waals surface area contributed by atoms with Crippen LogP contribution in [-0.4, -0.2) is 52.1 Å². The highest BCUT2D eigenvalue weighted by Gasteiger charge is 2.28. The van der Waals surface area contributed by atoms with Crippen molar-refractivity contribution in [3.63, 3.8) is 0 Å². The van der Waals surface area contributed by atoms with Gasteiger partial charge in [-0.2, -0.15) is 0 Å². The Morgan fingerprint density at radius 3 is 3.07 bits per heavy atom. The molecule has 0 spiro atoms. The molecule has 0 aliphatic carbocycles. The van der Waals surface area contributed by atoms with Crippen LogP contribution in [-0.2, 0) is 11.3 Å². The van der Waals surface area contributed by atoms with Gasteiger partial charge in [0.05, 0.1) is 12.1 Å². The Bertz CT molecular complexity index is 937. The monoisotopic (exact) mass is 364 g/mol. The Labute approximate surface area is 158 Å². The zero-order valence-corrected chi connectivity index (χ0v) is 15.5. The summed E-state index contributed by atoms with van der Waals surface area (Å²) in [5.41, 5.74) is 1.63. The van der Waals surface area contributed by atoms with Crippen molar-refractivity contribution in [2.24, 2.45) is 0 Å². The van der Waals surface area contributed by atoms with E-state index in [4.69, 9.17) is 4.74 Å². The number of pyridine rings is 1. The van der Waals surface area contributed by atoms with E-state index in [2.05, 4.69) is 14.5 Å². The zero-order chi connectivity index (χ0) is 18.6. The van der Waals surface area contributed by atoms with Crippen LogP contribution in [0.25, 0.3) is 10.9 Å². The van der Waals surface area contributed by atoms with Crippen LogP contribution >= 0.6 is 0 Å². The van der Waals surface area contributed by atoms with Crippen molar-refractivity contribution in [3.8, 4) is 0 Å². The van der Waals surface area contributed by atoms with Gasteiger partial charge in [0.2, 0.25) is 0 Å². The van der Waals surface area contributed by atoms with E-state index < -0.39 is 0 Å². The average molecular weight is 364 g/mol. The second-order valence-corrected chi connectivity index (χ2v) is 6.97. The summed E-state index contributed by atoms with van der Waals surface area (Å²) in [6.45, 7) is 2.94. The minimum atomic E-state index is 0.0838. The quantitative estimate of drug-likeness (QED) is 0.698. The number of imidazole rings is 1. The van der Waals surface area contributed by atoms with Gasteiger partial charge in [0.15, 0.2) is 0 Å². The smallest absolute Gasteiger partial charge is 0.253 e. The first kappa shape index (κ1) is 17.7. The number of piperidine rings is 1. The van der Waals surface area contributed by atoms with Crippen molar-refractivity contribution in [2.45, 2.75) is 25.3 Å². The van der Waals surface area contributed by atoms with Crippen LogP contribution in [0, 0.1) is 0 Å². The predicted molar refractivity (Wildman–Crippen MR) is 104 cm³/mol. The number of hydrogen-bond donors (Lipinski definition) is 0. The summed E-state index contributed by atoms with van der Waals surface area (Å²) in [7, 11) is 1.71. The Hall–Kier alpha value is -2.73. The zero-order valence-electron chi connectivity index (χ0n) is 15.5. The third-order valence-electron chi connectivity index (χ3n) is 5.21. The summed E-state index contributed by atoms with van der Waals surface area (Å²) in [6.07, 6.45) is 7.64. The molecule has 3 heterocycles. The molecule has 140 valence electrons. The van der Waals surface area contributed by atoms with Crippen LogP contribution in [0.4, 0.5) is 0 Å². The van der Waals surface area contributed by atoms with Crippen molar-refractivity contribution in [2.75, 3.05) is 26.8 Å². The molecule has 0 unspecified atom stereocenters. The fourth-order valence-electron chi connectivity index (χ4n) is 3.82. The largest absolute Gasteiger partial charge is 0.383 e. The first-order valence-electron chi connectivity index (χ1n) is 9.40. The first-order valence-corrected chi connectivity index (χ1v) is 9.40. The van der Waals surface area contributed by atoms with Gasteiger partial charge in [0, 0.05) is 62.2 Å². The lowest BCUT2D eigenvalue weighted by Crippen LogP contribution is -2.39. The molecule has 6 heteroatoms. The van der Waals surface area contributed by atoms with Crippen LogP contribution in [0.1, 0.15) is 34.9 Å². The Morgan fingerprint density at radius 2 is 2.19 bits per heavy atom. The molecular weight excluding hydrogens is 340 g/mol. The number of ether oxygens (including phenoxy) is 1. The Morgan fingerprint density at radius 1 is 1.26 bits per heavy atom. The third kappa shape index (κ3) is 3.71. The molecular formula is C21H24N4O2. The molecule has 1 aromatic carbocycles. The summed E-state index contributed by atoms with van der Waals surface area (Å²) in [6, 6.07) is 9.62. The fraction of sp³-hybridized carbons (Fsp3) is 0.381. The number of rotatable bonds is 5. The van der Waals surface area contributed by atoms with Gasteiger partial charge in [-0.25, -0.2) is 4.98 Å². The van der Waals surface area contributed by atoms with E-state index in [1.807, 2.05) is 47.6 Å². The minimum absolute atomic E-state index is 0.0838. The lowest BCUT2D eigenvalue weighted by Gasteiger charge is -2.33. The number of carbonyl (C=O) groups is 1. The molecule has 0 radical (unpaired) electrons. The van der Waals surface area contributed by atoms with Gasteiger partial charge < -0.3 is 14.2 Å². The summed E-state index contributed by atoms with van der Waals surface area (Å²) < 4.78 is 7.33. The van der Waals surface area contributed by atoms with Gasteiger partial charge >= 0.3 is 0 Å². The number of methoxy groups -OCH3 is 1. The fourth-order valence-corrected chi connectivity index (χ4v) is 3.82. The van der Waals surface area contributed by atoms with Gasteiger partial charge in [0.25, 0.3) is 5.91 Å². The topological polar surface area (TPSA) is 60.2 Å². The first-order chi connectivity index (χ1) is 13.3. The van der Waals surface area contributed by atoms with E-state index in [1.54, 1.807) is 13.3 Å². The van der Waals surface area contributed by atoms with E-state index >= 15 is 0 Å². The Balaban J connectivity index is 1.52. The molecule has 2 aromatic heterocycles. The van der Waals surface area contributed by atoms with Crippen molar-refractivity contribution in [1.82, 2.24) is 19.4 Å². The number of benzene rings is 1. The van der Waals surface area contributed by atoms with Crippen molar-refractivity contribution >= 4 is 16.8 Å². The number of nitrogens with zero attached hydrogens (tertiary/aromatic N) is 4. The van der Waals surface area contributed by atoms with Gasteiger partial charge in [0.1, 0.15) is 5.82 Å². The van der Waals surface area contributed by atoms with Crippen LogP contribution < -0.4 is 0 Å². The molecule has 1 aliphatic rings. The van der Waals surface area contributed by atoms with Gasteiger partial charge in [-0.05, 0) is 37.1 Å². The molecule has 0 saturated carbocycles. The third-order valence-corrected chi connectivity index (χ3v) is 5.21. The van der Waals surface area contributed by atoms with Crippen molar-refractivity contribution in [1.29, 1.82) is 0 Å². The average Bonchev–Trinajstić information content (AvgIpc) is 3.20. The van der Waals surface area contributed by atoms with E-state index in [0.717, 1.165) is 48.2 Å². The minimum Gasteiger partial charge on any atom is -0.383 e. The number of amides is 1. The SMILES string of the molecule is COCCn1ccnc1[C@H]1CCCN(C(=O)c2ccc3ncccc3c2)C1. The highest BCUT2D eigenvalue weighted by atomic mass is 16.5. The van der Waals surface area contributed by atoms with Gasteiger partial charge in [-0.3, -0.25) is 9.78 Å². The molecule has 1 saturated heterocycles. The van der Waals surface area contributed by atoms with E-state index in [1.165, 1.54) is 0 Å². The number of fused-ring (bicyclic) bond motifs is 1. The lowest BCUT2D eigenvalue weighted by molar-refractivity contribution is 0.0702. The maximum Gasteiger partial charge on any atom is 0.253 e. The van der Waals surface area contributed by atoms with E-state index in [-0.39, 0.29) is 11.8 Å². The molecule has 4 rings (SSSR count). The van der Waals surface area contributed by atoms with E-state index in [0.29, 0.717) is 13.2 Å². The normalized spacial score (nSPS) is 17.4.